The number of carbonyl (C=O) groups is 1. The van der Waals surface area contributed by atoms with Crippen LogP contribution in [-0.4, -0.2) is 57.9 Å². The van der Waals surface area contributed by atoms with Gasteiger partial charge >= 0.3 is 0 Å². The first-order valence-electron chi connectivity index (χ1n) is 7.28. The van der Waals surface area contributed by atoms with Crippen LogP contribution in [0.25, 0.3) is 0 Å². The molecule has 1 fully saturated rings. The van der Waals surface area contributed by atoms with Crippen LogP contribution in [0.3, 0.4) is 0 Å². The minimum Gasteiger partial charge on any atom is -0.354 e. The number of carbonyl (C=O) groups excluding carboxylic acids is 1. The monoisotopic (exact) mass is 380 g/mol. The fraction of sp³-hybridized carbons (Fsp3) is 0.500. The van der Waals surface area contributed by atoms with Crippen molar-refractivity contribution in [3.8, 4) is 0 Å². The molecule has 2 rings (SSSR count). The number of hydrogen-bond donors (Lipinski definition) is 2. The van der Waals surface area contributed by atoms with E-state index in [1.165, 1.54) is 16.4 Å². The minimum absolute atomic E-state index is 0.0227. The molecule has 0 aliphatic carbocycles. The molecule has 1 atom stereocenters. The summed E-state index contributed by atoms with van der Waals surface area (Å²) < 4.78 is 26.8. The van der Waals surface area contributed by atoms with Gasteiger partial charge in [0.25, 0.3) is 5.91 Å². The molecular weight excluding hydrogens is 361 g/mol. The first-order valence-corrected chi connectivity index (χ1v) is 9.48. The Morgan fingerprint density at radius 1 is 1.30 bits per heavy atom. The summed E-state index contributed by atoms with van der Waals surface area (Å²) in [5.41, 5.74) is 0. The second-order valence-electron chi connectivity index (χ2n) is 5.47. The standard InChI is InChI=1S/C14H19Cl2N3O3S/c1-10(14(20)17-2)18-5-7-19(8-6-18)23(21,22)13-9-11(15)3-4-12(13)16/h3-4,9-10H,5-8H2,1-2H3,(H,17,20)/p+1/t10-/m0/s1. The maximum absolute atomic E-state index is 12.7. The van der Waals surface area contributed by atoms with Gasteiger partial charge < -0.3 is 10.2 Å². The second kappa shape index (κ2) is 7.36. The molecule has 9 heteroatoms. The van der Waals surface area contributed by atoms with Crippen LogP contribution in [-0.2, 0) is 14.8 Å². The highest BCUT2D eigenvalue weighted by atomic mass is 35.5. The number of hydrogen-bond acceptors (Lipinski definition) is 3. The summed E-state index contributed by atoms with van der Waals surface area (Å²) in [7, 11) is -2.09. The lowest BCUT2D eigenvalue weighted by Gasteiger charge is -2.34. The Labute approximate surface area is 146 Å². The first kappa shape index (κ1) is 18.5. The highest BCUT2D eigenvalue weighted by Gasteiger charge is 2.35. The van der Waals surface area contributed by atoms with Gasteiger partial charge in [-0.3, -0.25) is 4.79 Å². The van der Waals surface area contributed by atoms with Gasteiger partial charge in [-0.1, -0.05) is 23.2 Å². The summed E-state index contributed by atoms with van der Waals surface area (Å²) in [4.78, 5) is 12.8. The van der Waals surface area contributed by atoms with E-state index < -0.39 is 10.0 Å². The number of quaternary nitrogens is 1. The molecule has 1 heterocycles. The number of nitrogens with zero attached hydrogens (tertiary/aromatic N) is 1. The van der Waals surface area contributed by atoms with Crippen LogP contribution in [0.2, 0.25) is 10.0 Å². The normalized spacial score (nSPS) is 18.6. The average molecular weight is 381 g/mol. The van der Waals surface area contributed by atoms with E-state index in [1.54, 1.807) is 13.1 Å². The number of rotatable bonds is 4. The number of sulfonamides is 1. The Bertz CT molecular complexity index is 689. The fourth-order valence-corrected chi connectivity index (χ4v) is 4.84. The van der Waals surface area contributed by atoms with Crippen molar-refractivity contribution < 1.29 is 18.1 Å². The number of nitrogens with one attached hydrogen (secondary N) is 2. The van der Waals surface area contributed by atoms with Crippen molar-refractivity contribution in [1.82, 2.24) is 9.62 Å². The van der Waals surface area contributed by atoms with Crippen molar-refractivity contribution in [2.75, 3.05) is 33.2 Å². The summed E-state index contributed by atoms with van der Waals surface area (Å²) in [6.07, 6.45) is 0. The van der Waals surface area contributed by atoms with Gasteiger partial charge in [0.15, 0.2) is 6.04 Å². The predicted molar refractivity (Wildman–Crippen MR) is 89.4 cm³/mol. The van der Waals surface area contributed by atoms with Gasteiger partial charge in [-0.2, -0.15) is 4.31 Å². The number of amides is 1. The molecule has 0 radical (unpaired) electrons. The molecule has 0 unspecified atom stereocenters. The molecule has 0 bridgehead atoms. The van der Waals surface area contributed by atoms with Gasteiger partial charge in [0, 0.05) is 12.1 Å². The fourth-order valence-electron chi connectivity index (χ4n) is 2.66. The predicted octanol–water partition coefficient (Wildman–Crippen LogP) is 0.0171. The Morgan fingerprint density at radius 2 is 1.91 bits per heavy atom. The molecule has 1 aromatic carbocycles. The Morgan fingerprint density at radius 3 is 2.48 bits per heavy atom. The molecule has 2 N–H and O–H groups in total. The molecule has 1 saturated heterocycles. The zero-order valence-electron chi connectivity index (χ0n) is 13.0. The molecule has 0 spiro atoms. The molecule has 6 nitrogen and oxygen atoms in total. The maximum Gasteiger partial charge on any atom is 0.277 e. The third-order valence-corrected chi connectivity index (χ3v) is 6.74. The minimum atomic E-state index is -3.69. The van der Waals surface area contributed by atoms with Gasteiger partial charge in [0.1, 0.15) is 4.90 Å². The van der Waals surface area contributed by atoms with Crippen molar-refractivity contribution in [2.45, 2.75) is 17.9 Å². The van der Waals surface area contributed by atoms with Gasteiger partial charge in [0.2, 0.25) is 10.0 Å². The van der Waals surface area contributed by atoms with E-state index in [9.17, 15) is 13.2 Å². The van der Waals surface area contributed by atoms with Gasteiger partial charge in [-0.25, -0.2) is 8.42 Å². The molecule has 1 amide bonds. The SMILES string of the molecule is CNC(=O)[C@H](C)[NH+]1CCN(S(=O)(=O)c2cc(Cl)ccc2Cl)CC1. The van der Waals surface area contributed by atoms with Gasteiger partial charge in [0.05, 0.1) is 31.2 Å². The first-order chi connectivity index (χ1) is 10.8. The Balaban J connectivity index is 2.13. The third kappa shape index (κ3) is 3.97. The van der Waals surface area contributed by atoms with Crippen LogP contribution < -0.4 is 10.2 Å². The van der Waals surface area contributed by atoms with E-state index in [-0.39, 0.29) is 21.9 Å². The third-order valence-electron chi connectivity index (χ3n) is 4.13. The quantitative estimate of drug-likeness (QED) is 0.773. The van der Waals surface area contributed by atoms with Crippen LogP contribution in [0.4, 0.5) is 0 Å². The van der Waals surface area contributed by atoms with Crippen LogP contribution in [0.1, 0.15) is 6.92 Å². The zero-order valence-corrected chi connectivity index (χ0v) is 15.3. The highest BCUT2D eigenvalue weighted by molar-refractivity contribution is 7.89. The van der Waals surface area contributed by atoms with Crippen molar-refractivity contribution in [3.05, 3.63) is 28.2 Å². The van der Waals surface area contributed by atoms with Crippen molar-refractivity contribution >= 4 is 39.1 Å². The summed E-state index contributed by atoms with van der Waals surface area (Å²) in [5, 5.41) is 3.10. The molecule has 0 aromatic heterocycles. The maximum atomic E-state index is 12.7. The molecule has 128 valence electrons. The Kier molecular flexibility index (Phi) is 5.91. The van der Waals surface area contributed by atoms with E-state index in [0.29, 0.717) is 31.2 Å². The number of piperazine rings is 1. The average Bonchev–Trinajstić information content (AvgIpc) is 2.55. The molecule has 0 saturated carbocycles. The lowest BCUT2D eigenvalue weighted by molar-refractivity contribution is -0.917. The summed E-state index contributed by atoms with van der Waals surface area (Å²) in [6, 6.07) is 4.19. The molecule has 1 aliphatic rings. The summed E-state index contributed by atoms with van der Waals surface area (Å²) >= 11 is 11.9. The number of likely N-dealkylation sites (N-methyl/N-ethyl adjacent to an activating group) is 1. The van der Waals surface area contributed by atoms with E-state index in [4.69, 9.17) is 23.2 Å². The van der Waals surface area contributed by atoms with Crippen molar-refractivity contribution in [1.29, 1.82) is 0 Å². The van der Waals surface area contributed by atoms with Crippen LogP contribution >= 0.6 is 23.2 Å². The zero-order chi connectivity index (χ0) is 17.2. The topological polar surface area (TPSA) is 70.9 Å². The number of benzene rings is 1. The highest BCUT2D eigenvalue weighted by Crippen LogP contribution is 2.27. The lowest BCUT2D eigenvalue weighted by Crippen LogP contribution is -3.19. The molecule has 23 heavy (non-hydrogen) atoms. The van der Waals surface area contributed by atoms with Crippen LogP contribution in [0, 0.1) is 0 Å². The summed E-state index contributed by atoms with van der Waals surface area (Å²) in [5.74, 6) is -0.0470. The van der Waals surface area contributed by atoms with Crippen LogP contribution in [0.5, 0.6) is 0 Å². The lowest BCUT2D eigenvalue weighted by atomic mass is 10.2. The van der Waals surface area contributed by atoms with Crippen LogP contribution in [0.15, 0.2) is 23.1 Å². The summed E-state index contributed by atoms with van der Waals surface area (Å²) in [6.45, 7) is 3.63. The molecule has 1 aliphatic heterocycles. The van der Waals surface area contributed by atoms with Gasteiger partial charge in [-0.15, -0.1) is 0 Å². The van der Waals surface area contributed by atoms with E-state index >= 15 is 0 Å². The number of halogens is 2. The smallest absolute Gasteiger partial charge is 0.277 e. The van der Waals surface area contributed by atoms with E-state index in [0.717, 1.165) is 4.90 Å². The second-order valence-corrected chi connectivity index (χ2v) is 8.22. The molecule has 1 aromatic rings. The molecular formula is C14H20Cl2N3O3S+. The van der Waals surface area contributed by atoms with Crippen molar-refractivity contribution in [3.63, 3.8) is 0 Å². The van der Waals surface area contributed by atoms with Crippen molar-refractivity contribution in [2.24, 2.45) is 0 Å². The largest absolute Gasteiger partial charge is 0.354 e. The van der Waals surface area contributed by atoms with Gasteiger partial charge in [-0.05, 0) is 25.1 Å². The van der Waals surface area contributed by atoms with E-state index in [1.807, 2.05) is 6.92 Å². The van der Waals surface area contributed by atoms with E-state index in [2.05, 4.69) is 5.32 Å². The Hall–Kier alpha value is -0.860.